The van der Waals surface area contributed by atoms with E-state index in [1.165, 1.54) is 6.07 Å². The zero-order valence-corrected chi connectivity index (χ0v) is 13.4. The topological polar surface area (TPSA) is 79.0 Å². The number of carbonyl (C=O) groups excluding carboxylic acids is 1. The molecule has 2 aliphatic rings. The average Bonchev–Trinajstić information content (AvgIpc) is 3.46. The van der Waals surface area contributed by atoms with Crippen molar-refractivity contribution in [2.24, 2.45) is 5.92 Å². The number of hydrogen-bond donors (Lipinski definition) is 1. The van der Waals surface area contributed by atoms with Gasteiger partial charge in [-0.1, -0.05) is 0 Å². The Morgan fingerprint density at radius 1 is 1.21 bits per heavy atom. The van der Waals surface area contributed by atoms with Crippen molar-refractivity contribution in [3.63, 3.8) is 0 Å². The minimum absolute atomic E-state index is 0.0935. The van der Waals surface area contributed by atoms with Crippen LogP contribution >= 0.6 is 0 Å². The molecule has 1 amide bonds. The first kappa shape index (κ1) is 15.1. The van der Waals surface area contributed by atoms with Gasteiger partial charge in [-0.15, -0.1) is 0 Å². The molecule has 124 valence electrons. The van der Waals surface area contributed by atoms with Crippen molar-refractivity contribution in [2.75, 3.05) is 13.1 Å². The van der Waals surface area contributed by atoms with Gasteiger partial charge in [0.2, 0.25) is 5.91 Å². The van der Waals surface area contributed by atoms with Crippen molar-refractivity contribution in [1.82, 2.24) is 19.9 Å². The Kier molecular flexibility index (Phi) is 3.88. The van der Waals surface area contributed by atoms with Gasteiger partial charge in [-0.3, -0.25) is 14.6 Å². The van der Waals surface area contributed by atoms with Crippen molar-refractivity contribution in [3.05, 3.63) is 46.8 Å². The summed E-state index contributed by atoms with van der Waals surface area (Å²) in [4.78, 5) is 37.9. The van der Waals surface area contributed by atoms with Crippen LogP contribution in [0.5, 0.6) is 0 Å². The molecule has 6 heteroatoms. The van der Waals surface area contributed by atoms with Gasteiger partial charge >= 0.3 is 0 Å². The molecule has 6 nitrogen and oxygen atoms in total. The number of nitrogens with one attached hydrogen (secondary N) is 1. The van der Waals surface area contributed by atoms with Crippen LogP contribution in [0.25, 0.3) is 11.3 Å². The fourth-order valence-electron chi connectivity index (χ4n) is 3.33. The third kappa shape index (κ3) is 3.09. The third-order valence-corrected chi connectivity index (χ3v) is 4.78. The number of aromatic amines is 1. The average molecular weight is 324 g/mol. The van der Waals surface area contributed by atoms with E-state index in [0.29, 0.717) is 18.1 Å². The summed E-state index contributed by atoms with van der Waals surface area (Å²) in [6.07, 6.45) is 7.31. The van der Waals surface area contributed by atoms with Gasteiger partial charge < -0.3 is 9.88 Å². The molecule has 1 N–H and O–H groups in total. The second-order valence-corrected chi connectivity index (χ2v) is 6.65. The Morgan fingerprint density at radius 2 is 2.00 bits per heavy atom. The first-order chi connectivity index (χ1) is 11.7. The summed E-state index contributed by atoms with van der Waals surface area (Å²) in [6, 6.07) is 5.19. The minimum Gasteiger partial charge on any atom is -0.342 e. The predicted molar refractivity (Wildman–Crippen MR) is 89.4 cm³/mol. The predicted octanol–water partition coefficient (Wildman–Crippen LogP) is 1.95. The Balaban J connectivity index is 1.60. The maximum absolute atomic E-state index is 12.3. The van der Waals surface area contributed by atoms with Gasteiger partial charge in [0.25, 0.3) is 5.56 Å². The van der Waals surface area contributed by atoms with Crippen LogP contribution in [0.15, 0.2) is 35.4 Å². The lowest BCUT2D eigenvalue weighted by molar-refractivity contribution is -0.133. The molecule has 1 saturated carbocycles. The molecule has 0 bridgehead atoms. The normalized spacial score (nSPS) is 20.8. The van der Waals surface area contributed by atoms with E-state index in [9.17, 15) is 9.59 Å². The molecule has 0 radical (unpaired) electrons. The summed E-state index contributed by atoms with van der Waals surface area (Å²) >= 11 is 0. The van der Waals surface area contributed by atoms with Crippen LogP contribution in [0, 0.1) is 5.92 Å². The van der Waals surface area contributed by atoms with Crippen molar-refractivity contribution >= 4 is 5.91 Å². The van der Waals surface area contributed by atoms with E-state index in [2.05, 4.69) is 15.0 Å². The Hall–Kier alpha value is -2.50. The number of pyridine rings is 1. The number of hydrogen-bond acceptors (Lipinski definition) is 4. The molecule has 24 heavy (non-hydrogen) atoms. The number of H-pyrrole nitrogens is 1. The molecule has 0 spiro atoms. The lowest BCUT2D eigenvalue weighted by atomic mass is 9.96. The molecule has 3 heterocycles. The second-order valence-electron chi connectivity index (χ2n) is 6.65. The van der Waals surface area contributed by atoms with E-state index in [0.717, 1.165) is 37.8 Å². The number of carbonyl (C=O) groups is 1. The first-order valence-electron chi connectivity index (χ1n) is 8.51. The monoisotopic (exact) mass is 324 g/mol. The number of aromatic nitrogens is 3. The van der Waals surface area contributed by atoms with Crippen LogP contribution in [-0.2, 0) is 4.79 Å². The maximum Gasteiger partial charge on any atom is 0.251 e. The van der Waals surface area contributed by atoms with E-state index in [1.807, 2.05) is 17.0 Å². The lowest BCUT2D eigenvalue weighted by Gasteiger charge is -2.32. The molecule has 2 fully saturated rings. The van der Waals surface area contributed by atoms with Gasteiger partial charge in [-0.2, -0.15) is 0 Å². The summed E-state index contributed by atoms with van der Waals surface area (Å²) in [6.45, 7) is 1.47. The Bertz CT molecular complexity index is 798. The molecule has 2 aromatic heterocycles. The molecule has 1 aliphatic carbocycles. The Labute approximate surface area is 140 Å². The largest absolute Gasteiger partial charge is 0.342 e. The fraction of sp³-hybridized carbons (Fsp3) is 0.444. The van der Waals surface area contributed by atoms with Crippen LogP contribution in [-0.4, -0.2) is 38.8 Å². The summed E-state index contributed by atoms with van der Waals surface area (Å²) in [7, 11) is 0. The van der Waals surface area contributed by atoms with Crippen LogP contribution in [0.4, 0.5) is 0 Å². The van der Waals surface area contributed by atoms with Crippen LogP contribution in [0.1, 0.15) is 37.4 Å². The minimum atomic E-state index is -0.155. The van der Waals surface area contributed by atoms with Gasteiger partial charge in [0, 0.05) is 48.9 Å². The molecular formula is C18H20N4O2. The maximum atomic E-state index is 12.3. The number of nitrogens with zero attached hydrogens (tertiary/aromatic N) is 3. The highest BCUT2D eigenvalue weighted by molar-refractivity contribution is 5.81. The van der Waals surface area contributed by atoms with E-state index in [1.54, 1.807) is 12.4 Å². The van der Waals surface area contributed by atoms with Crippen molar-refractivity contribution in [2.45, 2.75) is 31.6 Å². The van der Waals surface area contributed by atoms with E-state index < -0.39 is 0 Å². The summed E-state index contributed by atoms with van der Waals surface area (Å²) < 4.78 is 0. The smallest absolute Gasteiger partial charge is 0.251 e. The van der Waals surface area contributed by atoms with E-state index in [4.69, 9.17) is 0 Å². The molecule has 0 unspecified atom stereocenters. The quantitative estimate of drug-likeness (QED) is 0.936. The van der Waals surface area contributed by atoms with Crippen molar-refractivity contribution < 1.29 is 4.79 Å². The number of piperidine rings is 1. The van der Waals surface area contributed by atoms with Crippen molar-refractivity contribution in [1.29, 1.82) is 0 Å². The molecule has 1 saturated heterocycles. The number of amides is 1. The SMILES string of the molecule is O=C(C1CC1)N1CCC[C@@H](c2nc(-c3ccncc3)cc(=O)[nH]2)C1. The van der Waals surface area contributed by atoms with Crippen LogP contribution < -0.4 is 5.56 Å². The summed E-state index contributed by atoms with van der Waals surface area (Å²) in [5.41, 5.74) is 1.37. The molecule has 1 atom stereocenters. The summed E-state index contributed by atoms with van der Waals surface area (Å²) in [5, 5.41) is 0. The summed E-state index contributed by atoms with van der Waals surface area (Å²) in [5.74, 6) is 1.28. The van der Waals surface area contributed by atoms with E-state index in [-0.39, 0.29) is 23.3 Å². The molecule has 4 rings (SSSR count). The fourth-order valence-corrected chi connectivity index (χ4v) is 3.33. The molecular weight excluding hydrogens is 304 g/mol. The third-order valence-electron chi connectivity index (χ3n) is 4.78. The zero-order chi connectivity index (χ0) is 16.5. The lowest BCUT2D eigenvalue weighted by Crippen LogP contribution is -2.40. The molecule has 0 aromatic carbocycles. The van der Waals surface area contributed by atoms with Crippen molar-refractivity contribution in [3.8, 4) is 11.3 Å². The van der Waals surface area contributed by atoms with Gasteiger partial charge in [0.1, 0.15) is 5.82 Å². The first-order valence-corrected chi connectivity index (χ1v) is 8.51. The highest BCUT2D eigenvalue weighted by Crippen LogP contribution is 2.34. The van der Waals surface area contributed by atoms with Gasteiger partial charge in [0.05, 0.1) is 5.69 Å². The second kappa shape index (κ2) is 6.19. The standard InChI is InChI=1S/C18H20N4O2/c23-16-10-15(12-5-7-19-8-6-12)20-17(21-16)14-2-1-9-22(11-14)18(24)13-3-4-13/h5-8,10,13-14H,1-4,9,11H2,(H,20,21,23)/t14-/m1/s1. The Morgan fingerprint density at radius 3 is 2.75 bits per heavy atom. The zero-order valence-electron chi connectivity index (χ0n) is 13.4. The highest BCUT2D eigenvalue weighted by atomic mass is 16.2. The number of likely N-dealkylation sites (tertiary alicyclic amines) is 1. The van der Waals surface area contributed by atoms with Crippen LogP contribution in [0.3, 0.4) is 0 Å². The number of rotatable bonds is 3. The van der Waals surface area contributed by atoms with Gasteiger partial charge in [0.15, 0.2) is 0 Å². The van der Waals surface area contributed by atoms with Crippen LogP contribution in [0.2, 0.25) is 0 Å². The van der Waals surface area contributed by atoms with Gasteiger partial charge in [-0.05, 0) is 37.8 Å². The molecule has 1 aliphatic heterocycles. The van der Waals surface area contributed by atoms with E-state index >= 15 is 0 Å². The van der Waals surface area contributed by atoms with Gasteiger partial charge in [-0.25, -0.2) is 4.98 Å². The highest BCUT2D eigenvalue weighted by Gasteiger charge is 2.36. The molecule has 2 aromatic rings.